The molecule has 3 aromatic rings. The Balaban J connectivity index is 1.77. The lowest BCUT2D eigenvalue weighted by Crippen LogP contribution is -2.26. The Morgan fingerprint density at radius 3 is 2.64 bits per heavy atom. The third kappa shape index (κ3) is 4.03. The molecule has 1 aromatic heterocycles. The molecule has 1 heterocycles. The second kappa shape index (κ2) is 8.29. The number of hydrogen-bond acceptors (Lipinski definition) is 2. The predicted octanol–water partition coefficient (Wildman–Crippen LogP) is 5.05. The van der Waals surface area contributed by atoms with E-state index in [9.17, 15) is 13.6 Å². The van der Waals surface area contributed by atoms with Crippen molar-refractivity contribution in [1.82, 2.24) is 15.1 Å². The molecule has 3 rings (SSSR count). The number of nitrogens with zero attached hydrogens (tertiary/aromatic N) is 2. The smallest absolute Gasteiger partial charge is 0.255 e. The van der Waals surface area contributed by atoms with E-state index in [4.69, 9.17) is 23.2 Å². The molecule has 28 heavy (non-hydrogen) atoms. The Labute approximate surface area is 171 Å². The van der Waals surface area contributed by atoms with Crippen LogP contribution in [0.1, 0.15) is 27.3 Å². The zero-order chi connectivity index (χ0) is 20.4. The third-order valence-electron chi connectivity index (χ3n) is 4.37. The number of carbonyl (C=O) groups excluding carboxylic acids is 1. The molecule has 1 N–H and O–H groups in total. The van der Waals surface area contributed by atoms with Gasteiger partial charge in [0.05, 0.1) is 27.0 Å². The van der Waals surface area contributed by atoms with Crippen LogP contribution in [0, 0.1) is 25.5 Å². The van der Waals surface area contributed by atoms with Crippen molar-refractivity contribution in [3.8, 4) is 5.69 Å². The zero-order valence-corrected chi connectivity index (χ0v) is 16.7. The molecule has 0 saturated carbocycles. The lowest BCUT2D eigenvalue weighted by atomic mass is 10.1. The van der Waals surface area contributed by atoms with E-state index in [1.165, 1.54) is 10.7 Å². The average Bonchev–Trinajstić information content (AvgIpc) is 2.93. The van der Waals surface area contributed by atoms with Gasteiger partial charge in [-0.1, -0.05) is 35.3 Å². The standard InChI is InChI=1S/C20H17Cl2F2N3O/c1-11-18(12(2)27(26-11)17-7-6-14(23)10-16(17)24)20(28)25-9-8-13-4-3-5-15(21)19(13)22/h3-7,10H,8-9H2,1-2H3,(H,25,28). The Kier molecular flexibility index (Phi) is 6.01. The number of benzene rings is 2. The van der Waals surface area contributed by atoms with E-state index in [0.29, 0.717) is 40.0 Å². The summed E-state index contributed by atoms with van der Waals surface area (Å²) < 4.78 is 28.6. The van der Waals surface area contributed by atoms with Gasteiger partial charge in [0.2, 0.25) is 0 Å². The number of halogens is 4. The van der Waals surface area contributed by atoms with E-state index < -0.39 is 11.6 Å². The second-order valence-electron chi connectivity index (χ2n) is 6.27. The molecule has 0 fully saturated rings. The fourth-order valence-corrected chi connectivity index (χ4v) is 3.41. The van der Waals surface area contributed by atoms with Crippen LogP contribution in [0.15, 0.2) is 36.4 Å². The summed E-state index contributed by atoms with van der Waals surface area (Å²) in [6.07, 6.45) is 0.504. The first-order valence-electron chi connectivity index (χ1n) is 8.52. The summed E-state index contributed by atoms with van der Waals surface area (Å²) in [4.78, 5) is 12.6. The molecule has 8 heteroatoms. The first-order valence-corrected chi connectivity index (χ1v) is 9.28. The maximum Gasteiger partial charge on any atom is 0.255 e. The Bertz CT molecular complexity index is 1050. The largest absolute Gasteiger partial charge is 0.352 e. The molecule has 0 bridgehead atoms. The van der Waals surface area contributed by atoms with Gasteiger partial charge in [-0.2, -0.15) is 5.10 Å². The molecule has 0 radical (unpaired) electrons. The van der Waals surface area contributed by atoms with Crippen LogP contribution in [0.25, 0.3) is 5.69 Å². The van der Waals surface area contributed by atoms with Crippen LogP contribution in [-0.2, 0) is 6.42 Å². The fraction of sp³-hybridized carbons (Fsp3) is 0.200. The molecule has 0 aliphatic heterocycles. The van der Waals surface area contributed by atoms with E-state index in [-0.39, 0.29) is 11.6 Å². The first kappa shape index (κ1) is 20.3. The molecule has 0 saturated heterocycles. The average molecular weight is 424 g/mol. The number of carbonyl (C=O) groups is 1. The van der Waals surface area contributed by atoms with Crippen molar-refractivity contribution in [2.45, 2.75) is 20.3 Å². The van der Waals surface area contributed by atoms with Gasteiger partial charge in [0.1, 0.15) is 11.5 Å². The molecule has 2 aromatic carbocycles. The molecule has 0 spiro atoms. The van der Waals surface area contributed by atoms with E-state index in [1.807, 2.05) is 6.07 Å². The van der Waals surface area contributed by atoms with Gasteiger partial charge >= 0.3 is 0 Å². The minimum Gasteiger partial charge on any atom is -0.352 e. The third-order valence-corrected chi connectivity index (χ3v) is 5.23. The quantitative estimate of drug-likeness (QED) is 0.624. The maximum atomic E-state index is 14.1. The highest BCUT2D eigenvalue weighted by Crippen LogP contribution is 2.26. The van der Waals surface area contributed by atoms with Crippen molar-refractivity contribution >= 4 is 29.1 Å². The van der Waals surface area contributed by atoms with Crippen LogP contribution in [0.3, 0.4) is 0 Å². The number of nitrogens with one attached hydrogen (secondary N) is 1. The van der Waals surface area contributed by atoms with Gasteiger partial charge < -0.3 is 5.32 Å². The van der Waals surface area contributed by atoms with Crippen LogP contribution in [-0.4, -0.2) is 22.2 Å². The fourth-order valence-electron chi connectivity index (χ4n) is 3.00. The summed E-state index contributed by atoms with van der Waals surface area (Å²) in [5, 5.41) is 7.98. The SMILES string of the molecule is Cc1nn(-c2ccc(F)cc2F)c(C)c1C(=O)NCCc1cccc(Cl)c1Cl. The Hall–Kier alpha value is -2.44. The summed E-state index contributed by atoms with van der Waals surface area (Å²) in [5.41, 5.74) is 2.15. The van der Waals surface area contributed by atoms with Crippen LogP contribution in [0.2, 0.25) is 10.0 Å². The van der Waals surface area contributed by atoms with Crippen molar-refractivity contribution in [3.63, 3.8) is 0 Å². The van der Waals surface area contributed by atoms with Crippen LogP contribution >= 0.6 is 23.2 Å². The van der Waals surface area contributed by atoms with Gasteiger partial charge in [0, 0.05) is 12.6 Å². The normalized spacial score (nSPS) is 10.9. The van der Waals surface area contributed by atoms with Crippen molar-refractivity contribution < 1.29 is 13.6 Å². The lowest BCUT2D eigenvalue weighted by molar-refractivity contribution is 0.0953. The van der Waals surface area contributed by atoms with Gasteiger partial charge in [0.25, 0.3) is 5.91 Å². The number of aromatic nitrogens is 2. The first-order chi connectivity index (χ1) is 13.3. The predicted molar refractivity (Wildman–Crippen MR) is 105 cm³/mol. The number of hydrogen-bond donors (Lipinski definition) is 1. The van der Waals surface area contributed by atoms with E-state index in [2.05, 4.69) is 10.4 Å². The summed E-state index contributed by atoms with van der Waals surface area (Å²) >= 11 is 12.1. The molecule has 0 aliphatic carbocycles. The van der Waals surface area contributed by atoms with Gasteiger partial charge in [0.15, 0.2) is 5.82 Å². The molecule has 0 aliphatic rings. The maximum absolute atomic E-state index is 14.1. The lowest BCUT2D eigenvalue weighted by Gasteiger charge is -2.09. The molecule has 1 amide bonds. The summed E-state index contributed by atoms with van der Waals surface area (Å²) in [6, 6.07) is 8.53. The van der Waals surface area contributed by atoms with Gasteiger partial charge in [-0.15, -0.1) is 0 Å². The van der Waals surface area contributed by atoms with Gasteiger partial charge in [-0.05, 0) is 44.0 Å². The van der Waals surface area contributed by atoms with Crippen LogP contribution in [0.5, 0.6) is 0 Å². The van der Waals surface area contributed by atoms with Crippen molar-refractivity contribution in [2.75, 3.05) is 6.54 Å². The highest BCUT2D eigenvalue weighted by molar-refractivity contribution is 6.42. The minimum absolute atomic E-state index is 0.0757. The summed E-state index contributed by atoms with van der Waals surface area (Å²) in [7, 11) is 0. The zero-order valence-electron chi connectivity index (χ0n) is 15.2. The Morgan fingerprint density at radius 2 is 1.93 bits per heavy atom. The highest BCUT2D eigenvalue weighted by atomic mass is 35.5. The number of aryl methyl sites for hydroxylation is 1. The van der Waals surface area contributed by atoms with E-state index in [0.717, 1.165) is 17.7 Å². The van der Waals surface area contributed by atoms with Crippen molar-refractivity contribution in [3.05, 3.63) is 80.6 Å². The topological polar surface area (TPSA) is 46.9 Å². The minimum atomic E-state index is -0.756. The van der Waals surface area contributed by atoms with Crippen LogP contribution < -0.4 is 5.32 Å². The van der Waals surface area contributed by atoms with E-state index in [1.54, 1.807) is 26.0 Å². The monoisotopic (exact) mass is 423 g/mol. The molecular formula is C20H17Cl2F2N3O. The second-order valence-corrected chi connectivity index (χ2v) is 7.06. The molecule has 0 atom stereocenters. The van der Waals surface area contributed by atoms with Crippen molar-refractivity contribution in [2.24, 2.45) is 0 Å². The van der Waals surface area contributed by atoms with Crippen LogP contribution in [0.4, 0.5) is 8.78 Å². The van der Waals surface area contributed by atoms with Crippen molar-refractivity contribution in [1.29, 1.82) is 0 Å². The Morgan fingerprint density at radius 1 is 1.18 bits per heavy atom. The van der Waals surface area contributed by atoms with Gasteiger partial charge in [-0.3, -0.25) is 4.79 Å². The molecule has 4 nitrogen and oxygen atoms in total. The summed E-state index contributed by atoms with van der Waals surface area (Å²) in [5.74, 6) is -1.77. The number of rotatable bonds is 5. The number of amides is 1. The summed E-state index contributed by atoms with van der Waals surface area (Å²) in [6.45, 7) is 3.66. The highest BCUT2D eigenvalue weighted by Gasteiger charge is 2.21. The molecule has 146 valence electrons. The molecular weight excluding hydrogens is 407 g/mol. The van der Waals surface area contributed by atoms with E-state index >= 15 is 0 Å². The molecule has 0 unspecified atom stereocenters. The van der Waals surface area contributed by atoms with Gasteiger partial charge in [-0.25, -0.2) is 13.5 Å².